The maximum atomic E-state index is 14.8. The summed E-state index contributed by atoms with van der Waals surface area (Å²) in [7, 11) is -3.61. The van der Waals surface area contributed by atoms with Crippen LogP contribution in [0.1, 0.15) is 50.3 Å². The Morgan fingerprint density at radius 2 is 1.54 bits per heavy atom. The zero-order valence-corrected chi connectivity index (χ0v) is 25.2. The average molecular weight is 582 g/mol. The quantitative estimate of drug-likeness (QED) is 0.317. The number of carbonyl (C=O) groups is 2. The van der Waals surface area contributed by atoms with Crippen LogP contribution in [-0.4, -0.2) is 49.5 Å². The Balaban J connectivity index is 1.92. The summed E-state index contributed by atoms with van der Waals surface area (Å²) in [6, 6.07) is 21.8. The summed E-state index contributed by atoms with van der Waals surface area (Å²) < 4.78 is 41.4. The second-order valence-corrected chi connectivity index (χ2v) is 13.2. The molecular weight excluding hydrogens is 541 g/mol. The number of benzene rings is 3. The number of para-hydroxylation sites is 1. The number of sulfonamides is 1. The van der Waals surface area contributed by atoms with Crippen molar-refractivity contribution in [3.8, 4) is 0 Å². The van der Waals surface area contributed by atoms with Crippen LogP contribution in [0.4, 0.5) is 10.1 Å². The van der Waals surface area contributed by atoms with Gasteiger partial charge in [-0.15, -0.1) is 0 Å². The third-order valence-corrected chi connectivity index (χ3v) is 7.78. The van der Waals surface area contributed by atoms with E-state index in [1.54, 1.807) is 30.3 Å². The fourth-order valence-electron chi connectivity index (χ4n) is 4.64. The van der Waals surface area contributed by atoms with Gasteiger partial charge in [-0.25, -0.2) is 12.8 Å². The van der Waals surface area contributed by atoms with Crippen LogP contribution in [0.2, 0.25) is 0 Å². The van der Waals surface area contributed by atoms with E-state index in [1.807, 2.05) is 70.2 Å². The average Bonchev–Trinajstić information content (AvgIpc) is 2.89. The van der Waals surface area contributed by atoms with Crippen LogP contribution in [0.3, 0.4) is 0 Å². The Kier molecular flexibility index (Phi) is 10.7. The monoisotopic (exact) mass is 581 g/mol. The highest BCUT2D eigenvalue weighted by Gasteiger charge is 2.32. The van der Waals surface area contributed by atoms with Crippen molar-refractivity contribution in [2.75, 3.05) is 17.1 Å². The van der Waals surface area contributed by atoms with Crippen LogP contribution >= 0.6 is 0 Å². The molecule has 0 aliphatic heterocycles. The molecule has 41 heavy (non-hydrogen) atoms. The lowest BCUT2D eigenvalue weighted by Gasteiger charge is -2.34. The van der Waals surface area contributed by atoms with Crippen molar-refractivity contribution in [3.63, 3.8) is 0 Å². The summed E-state index contributed by atoms with van der Waals surface area (Å²) in [5.74, 6) is -1.18. The van der Waals surface area contributed by atoms with Crippen LogP contribution in [0.15, 0.2) is 78.9 Å². The first kappa shape index (κ1) is 31.8. The van der Waals surface area contributed by atoms with Crippen LogP contribution < -0.4 is 9.62 Å². The van der Waals surface area contributed by atoms with Gasteiger partial charge >= 0.3 is 0 Å². The molecule has 0 saturated heterocycles. The first-order chi connectivity index (χ1) is 19.3. The number of aryl methyl sites for hydroxylation is 1. The maximum absolute atomic E-state index is 14.8. The number of hydrogen-bond acceptors (Lipinski definition) is 4. The zero-order valence-electron chi connectivity index (χ0n) is 24.4. The second kappa shape index (κ2) is 13.8. The van der Waals surface area contributed by atoms with Crippen molar-refractivity contribution >= 4 is 27.5 Å². The highest BCUT2D eigenvalue weighted by Crippen LogP contribution is 2.24. The van der Waals surface area contributed by atoms with Gasteiger partial charge < -0.3 is 10.2 Å². The molecule has 0 aliphatic carbocycles. The number of rotatable bonds is 12. The summed E-state index contributed by atoms with van der Waals surface area (Å²) in [5, 5.41) is 2.98. The van der Waals surface area contributed by atoms with Gasteiger partial charge in [0.05, 0.1) is 11.9 Å². The zero-order chi connectivity index (χ0) is 30.2. The predicted molar refractivity (Wildman–Crippen MR) is 161 cm³/mol. The Labute approximate surface area is 243 Å². The number of halogens is 1. The predicted octanol–water partition coefficient (Wildman–Crippen LogP) is 5.24. The fourth-order valence-corrected chi connectivity index (χ4v) is 5.67. The minimum Gasteiger partial charge on any atom is -0.350 e. The summed E-state index contributed by atoms with van der Waals surface area (Å²) in [5.41, 5.74) is 1.95. The smallest absolute Gasteiger partial charge is 0.243 e. The minimum absolute atomic E-state index is 0.0273. The molecule has 0 aliphatic rings. The Morgan fingerprint density at radius 1 is 0.927 bits per heavy atom. The molecule has 0 heterocycles. The molecule has 0 fully saturated rings. The van der Waals surface area contributed by atoms with Gasteiger partial charge in [0.25, 0.3) is 0 Å². The van der Waals surface area contributed by atoms with Gasteiger partial charge in [0.2, 0.25) is 21.8 Å². The molecule has 0 radical (unpaired) electrons. The molecule has 9 heteroatoms. The van der Waals surface area contributed by atoms with Gasteiger partial charge in [-0.1, -0.05) is 66.7 Å². The maximum Gasteiger partial charge on any atom is 0.243 e. The molecule has 1 atom stereocenters. The molecule has 220 valence electrons. The van der Waals surface area contributed by atoms with E-state index in [1.165, 1.54) is 15.3 Å². The molecule has 3 aromatic carbocycles. The molecule has 0 saturated carbocycles. The number of nitrogens with one attached hydrogen (secondary N) is 1. The first-order valence-corrected chi connectivity index (χ1v) is 15.5. The Hall–Kier alpha value is -3.72. The summed E-state index contributed by atoms with van der Waals surface area (Å²) in [4.78, 5) is 28.9. The molecule has 0 aromatic heterocycles. The van der Waals surface area contributed by atoms with Crippen molar-refractivity contribution in [2.24, 2.45) is 0 Å². The van der Waals surface area contributed by atoms with Gasteiger partial charge in [-0.3, -0.25) is 13.9 Å². The Morgan fingerprint density at radius 3 is 2.15 bits per heavy atom. The fraction of sp³-hybridized carbons (Fsp3) is 0.375. The molecule has 0 spiro atoms. The minimum atomic E-state index is -3.61. The third-order valence-electron chi connectivity index (χ3n) is 6.60. The summed E-state index contributed by atoms with van der Waals surface area (Å²) in [6.45, 7) is 7.39. The highest BCUT2D eigenvalue weighted by molar-refractivity contribution is 7.92. The standard InChI is InChI=1S/C32H40FN3O4S/c1-24-14-9-12-19-28(24)36(41(5,39)40)21-13-20-30(37)35(23-26-17-10-11-18-27(26)33)29(31(38)34-32(2,3)4)22-25-15-7-6-8-16-25/h6-12,14-19,29H,13,20-23H2,1-5H3,(H,34,38)/t29-/m0/s1. The van der Waals surface area contributed by atoms with Crippen molar-refractivity contribution < 1.29 is 22.4 Å². The van der Waals surface area contributed by atoms with E-state index in [9.17, 15) is 22.4 Å². The van der Waals surface area contributed by atoms with Gasteiger partial charge in [-0.2, -0.15) is 0 Å². The molecule has 0 unspecified atom stereocenters. The Bertz CT molecular complexity index is 1440. The van der Waals surface area contributed by atoms with Crippen LogP contribution in [0.5, 0.6) is 0 Å². The van der Waals surface area contributed by atoms with Crippen molar-refractivity contribution in [2.45, 2.75) is 65.1 Å². The molecule has 0 bridgehead atoms. The van der Waals surface area contributed by atoms with E-state index in [-0.39, 0.29) is 44.2 Å². The van der Waals surface area contributed by atoms with Crippen LogP contribution in [-0.2, 0) is 32.6 Å². The van der Waals surface area contributed by atoms with Crippen molar-refractivity contribution in [3.05, 3.63) is 101 Å². The highest BCUT2D eigenvalue weighted by atomic mass is 32.2. The van der Waals surface area contributed by atoms with E-state index in [4.69, 9.17) is 0 Å². The molecule has 3 aromatic rings. The van der Waals surface area contributed by atoms with Crippen molar-refractivity contribution in [1.82, 2.24) is 10.2 Å². The van der Waals surface area contributed by atoms with Gasteiger partial charge in [0.15, 0.2) is 0 Å². The topological polar surface area (TPSA) is 86.8 Å². The number of carbonyl (C=O) groups excluding carboxylic acids is 2. The molecule has 7 nitrogen and oxygen atoms in total. The molecular formula is C32H40FN3O4S. The summed E-state index contributed by atoms with van der Waals surface area (Å²) in [6.07, 6.45) is 1.56. The second-order valence-electron chi connectivity index (χ2n) is 11.3. The summed E-state index contributed by atoms with van der Waals surface area (Å²) >= 11 is 0. The van der Waals surface area contributed by atoms with Crippen molar-refractivity contribution in [1.29, 1.82) is 0 Å². The number of nitrogens with zero attached hydrogens (tertiary/aromatic N) is 2. The van der Waals surface area contributed by atoms with Crippen LogP contribution in [0, 0.1) is 12.7 Å². The number of hydrogen-bond donors (Lipinski definition) is 1. The number of amides is 2. The lowest BCUT2D eigenvalue weighted by Crippen LogP contribution is -2.54. The first-order valence-electron chi connectivity index (χ1n) is 13.7. The third kappa shape index (κ3) is 9.42. The lowest BCUT2D eigenvalue weighted by atomic mass is 10.00. The molecule has 1 N–H and O–H groups in total. The SMILES string of the molecule is Cc1ccccc1N(CCCC(=O)N(Cc1ccccc1F)[C@@H](Cc1ccccc1)C(=O)NC(C)(C)C)S(C)(=O)=O. The largest absolute Gasteiger partial charge is 0.350 e. The van der Waals surface area contributed by atoms with E-state index < -0.39 is 27.4 Å². The van der Waals surface area contributed by atoms with Crippen LogP contribution in [0.25, 0.3) is 0 Å². The van der Waals surface area contributed by atoms with E-state index in [2.05, 4.69) is 5.32 Å². The molecule has 2 amide bonds. The van der Waals surface area contributed by atoms with E-state index >= 15 is 0 Å². The molecule has 3 rings (SSSR count). The van der Waals surface area contributed by atoms with Gasteiger partial charge in [0.1, 0.15) is 11.9 Å². The normalized spacial score (nSPS) is 12.4. The lowest BCUT2D eigenvalue weighted by molar-refractivity contribution is -0.142. The van der Waals surface area contributed by atoms with E-state index in [0.717, 1.165) is 17.4 Å². The van der Waals surface area contributed by atoms with Gasteiger partial charge in [-0.05, 0) is 57.4 Å². The number of anilines is 1. The van der Waals surface area contributed by atoms with E-state index in [0.29, 0.717) is 11.3 Å². The van der Waals surface area contributed by atoms with Gasteiger partial charge in [0, 0.05) is 37.0 Å².